The number of halogens is 1. The van der Waals surface area contributed by atoms with E-state index in [1.54, 1.807) is 0 Å². The number of carbonyl (C=O) groups is 1. The van der Waals surface area contributed by atoms with Crippen molar-refractivity contribution in [3.63, 3.8) is 0 Å². The van der Waals surface area contributed by atoms with Crippen molar-refractivity contribution in [2.24, 2.45) is 0 Å². The molecule has 0 aromatic heterocycles. The van der Waals surface area contributed by atoms with Gasteiger partial charge in [0.2, 0.25) is 5.91 Å². The summed E-state index contributed by atoms with van der Waals surface area (Å²) in [5.41, 5.74) is 0.917. The normalized spacial score (nSPS) is 24.1. The summed E-state index contributed by atoms with van der Waals surface area (Å²) in [6.07, 6.45) is 5.35. The highest BCUT2D eigenvalue weighted by Gasteiger charge is 2.43. The monoisotopic (exact) mass is 294 g/mol. The number of rotatable bonds is 3. The van der Waals surface area contributed by atoms with Gasteiger partial charge in [0.25, 0.3) is 0 Å². The minimum absolute atomic E-state index is 0. The summed E-state index contributed by atoms with van der Waals surface area (Å²) in [6.45, 7) is 1.93. The summed E-state index contributed by atoms with van der Waals surface area (Å²) >= 11 is 0. The molecule has 3 nitrogen and oxygen atoms in total. The molecule has 1 saturated heterocycles. The maximum atomic E-state index is 12.8. The Kier molecular flexibility index (Phi) is 5.06. The Bertz CT molecular complexity index is 437. The van der Waals surface area contributed by atoms with Crippen LogP contribution in [0.4, 0.5) is 0 Å². The summed E-state index contributed by atoms with van der Waals surface area (Å²) in [6, 6.07) is 10.6. The average molecular weight is 295 g/mol. The standard InChI is InChI=1S/C16H22N2O.ClH/c19-15(18-14-8-11-17-12-14)16(9-4-5-10-16)13-6-2-1-3-7-13;/h1-3,6-7,14,17H,4-5,8-12H2,(H,18,19);1H. The molecule has 2 N–H and O–H groups in total. The van der Waals surface area contributed by atoms with Gasteiger partial charge in [0.05, 0.1) is 5.41 Å². The highest BCUT2D eigenvalue weighted by atomic mass is 35.5. The van der Waals surface area contributed by atoms with Crippen LogP contribution in [0.25, 0.3) is 0 Å². The van der Waals surface area contributed by atoms with Crippen molar-refractivity contribution >= 4 is 18.3 Å². The minimum Gasteiger partial charge on any atom is -0.351 e. The van der Waals surface area contributed by atoms with Gasteiger partial charge in [-0.25, -0.2) is 0 Å². The molecule has 0 bridgehead atoms. The van der Waals surface area contributed by atoms with Gasteiger partial charge in [-0.15, -0.1) is 12.4 Å². The van der Waals surface area contributed by atoms with Crippen molar-refractivity contribution in [3.8, 4) is 0 Å². The van der Waals surface area contributed by atoms with E-state index in [1.807, 2.05) is 18.2 Å². The van der Waals surface area contributed by atoms with Gasteiger partial charge >= 0.3 is 0 Å². The molecule has 3 rings (SSSR count). The molecule has 1 unspecified atom stereocenters. The van der Waals surface area contributed by atoms with Crippen molar-refractivity contribution in [2.75, 3.05) is 13.1 Å². The lowest BCUT2D eigenvalue weighted by Crippen LogP contribution is -2.47. The van der Waals surface area contributed by atoms with E-state index in [4.69, 9.17) is 0 Å². The first kappa shape index (κ1) is 15.3. The summed E-state index contributed by atoms with van der Waals surface area (Å²) in [4.78, 5) is 12.8. The Morgan fingerprint density at radius 2 is 1.90 bits per heavy atom. The van der Waals surface area contributed by atoms with Crippen molar-refractivity contribution in [3.05, 3.63) is 35.9 Å². The number of hydrogen-bond donors (Lipinski definition) is 2. The lowest BCUT2D eigenvalue weighted by atomic mass is 9.78. The quantitative estimate of drug-likeness (QED) is 0.899. The maximum Gasteiger partial charge on any atom is 0.230 e. The molecule has 110 valence electrons. The Balaban J connectivity index is 0.00000147. The molecule has 20 heavy (non-hydrogen) atoms. The molecular weight excluding hydrogens is 272 g/mol. The predicted octanol–water partition coefficient (Wildman–Crippen LogP) is 2.40. The molecule has 1 aliphatic carbocycles. The third kappa shape index (κ3) is 2.84. The van der Waals surface area contributed by atoms with Crippen LogP contribution >= 0.6 is 12.4 Å². The Hall–Kier alpha value is -1.06. The van der Waals surface area contributed by atoms with Crippen LogP contribution in [0.1, 0.15) is 37.7 Å². The number of hydrogen-bond acceptors (Lipinski definition) is 2. The van der Waals surface area contributed by atoms with Gasteiger partial charge < -0.3 is 10.6 Å². The fourth-order valence-electron chi connectivity index (χ4n) is 3.48. The molecule has 0 spiro atoms. The van der Waals surface area contributed by atoms with Gasteiger partial charge in [0, 0.05) is 12.6 Å². The molecule has 1 aromatic rings. The highest BCUT2D eigenvalue weighted by molar-refractivity contribution is 5.88. The molecule has 1 amide bonds. The van der Waals surface area contributed by atoms with Crippen molar-refractivity contribution in [2.45, 2.75) is 43.6 Å². The molecule has 1 saturated carbocycles. The van der Waals surface area contributed by atoms with Gasteiger partial charge in [-0.2, -0.15) is 0 Å². The van der Waals surface area contributed by atoms with Crippen molar-refractivity contribution in [1.29, 1.82) is 0 Å². The van der Waals surface area contributed by atoms with Crippen LogP contribution in [-0.2, 0) is 10.2 Å². The molecule has 0 radical (unpaired) electrons. The van der Waals surface area contributed by atoms with Crippen LogP contribution < -0.4 is 10.6 Å². The van der Waals surface area contributed by atoms with E-state index in [0.29, 0.717) is 6.04 Å². The van der Waals surface area contributed by atoms with E-state index in [1.165, 1.54) is 5.56 Å². The first-order valence-corrected chi connectivity index (χ1v) is 7.38. The van der Waals surface area contributed by atoms with E-state index in [9.17, 15) is 4.79 Å². The van der Waals surface area contributed by atoms with Crippen molar-refractivity contribution in [1.82, 2.24) is 10.6 Å². The smallest absolute Gasteiger partial charge is 0.230 e. The lowest BCUT2D eigenvalue weighted by Gasteiger charge is -2.29. The van der Waals surface area contributed by atoms with E-state index in [-0.39, 0.29) is 23.7 Å². The fourth-order valence-corrected chi connectivity index (χ4v) is 3.48. The van der Waals surface area contributed by atoms with Crippen LogP contribution in [0.2, 0.25) is 0 Å². The van der Waals surface area contributed by atoms with E-state index >= 15 is 0 Å². The van der Waals surface area contributed by atoms with Gasteiger partial charge in [-0.3, -0.25) is 4.79 Å². The third-order valence-electron chi connectivity index (χ3n) is 4.61. The second kappa shape index (κ2) is 6.59. The summed E-state index contributed by atoms with van der Waals surface area (Å²) in [7, 11) is 0. The number of benzene rings is 1. The SMILES string of the molecule is Cl.O=C(NC1CCNC1)C1(c2ccccc2)CCCC1. The van der Waals surface area contributed by atoms with Gasteiger partial charge in [0.15, 0.2) is 0 Å². The number of amides is 1. The molecule has 1 atom stereocenters. The molecule has 1 heterocycles. The largest absolute Gasteiger partial charge is 0.351 e. The van der Waals surface area contributed by atoms with Crippen LogP contribution in [0, 0.1) is 0 Å². The zero-order valence-corrected chi connectivity index (χ0v) is 12.5. The fraction of sp³-hybridized carbons (Fsp3) is 0.562. The van der Waals surface area contributed by atoms with Crippen LogP contribution in [0.3, 0.4) is 0 Å². The molecule has 1 aliphatic heterocycles. The predicted molar refractivity (Wildman–Crippen MR) is 83.3 cm³/mol. The van der Waals surface area contributed by atoms with Crippen LogP contribution in [0.5, 0.6) is 0 Å². The second-order valence-electron chi connectivity index (χ2n) is 5.82. The number of carbonyl (C=O) groups excluding carboxylic acids is 1. The van der Waals surface area contributed by atoms with E-state index < -0.39 is 0 Å². The molecule has 1 aromatic carbocycles. The Labute approximate surface area is 126 Å². The topological polar surface area (TPSA) is 41.1 Å². The number of nitrogens with one attached hydrogen (secondary N) is 2. The van der Waals surface area contributed by atoms with Gasteiger partial charge in [-0.1, -0.05) is 43.2 Å². The molecular formula is C16H23ClN2O. The van der Waals surface area contributed by atoms with E-state index in [2.05, 4.69) is 22.8 Å². The maximum absolute atomic E-state index is 12.8. The highest BCUT2D eigenvalue weighted by Crippen LogP contribution is 2.41. The summed E-state index contributed by atoms with van der Waals surface area (Å²) in [5, 5.41) is 6.56. The van der Waals surface area contributed by atoms with Crippen molar-refractivity contribution < 1.29 is 4.79 Å². The molecule has 2 fully saturated rings. The Morgan fingerprint density at radius 1 is 1.20 bits per heavy atom. The molecule has 4 heteroatoms. The minimum atomic E-state index is -0.274. The molecule has 2 aliphatic rings. The lowest BCUT2D eigenvalue weighted by molar-refractivity contribution is -0.127. The first-order chi connectivity index (χ1) is 9.31. The summed E-state index contributed by atoms with van der Waals surface area (Å²) < 4.78 is 0. The van der Waals surface area contributed by atoms with Gasteiger partial charge in [0.1, 0.15) is 0 Å². The van der Waals surface area contributed by atoms with Crippen LogP contribution in [0.15, 0.2) is 30.3 Å². The Morgan fingerprint density at radius 3 is 2.50 bits per heavy atom. The summed E-state index contributed by atoms with van der Waals surface area (Å²) in [5.74, 6) is 0.241. The second-order valence-corrected chi connectivity index (χ2v) is 5.82. The zero-order chi connectivity index (χ0) is 13.1. The zero-order valence-electron chi connectivity index (χ0n) is 11.7. The average Bonchev–Trinajstić information content (AvgIpc) is 3.11. The van der Waals surface area contributed by atoms with E-state index in [0.717, 1.165) is 45.2 Å². The first-order valence-electron chi connectivity index (χ1n) is 7.38. The third-order valence-corrected chi connectivity index (χ3v) is 4.61. The van der Waals surface area contributed by atoms with Crippen LogP contribution in [-0.4, -0.2) is 25.0 Å². The van der Waals surface area contributed by atoms with Gasteiger partial charge in [-0.05, 0) is 31.4 Å².